The van der Waals surface area contributed by atoms with Crippen molar-refractivity contribution in [3.63, 3.8) is 0 Å². The lowest BCUT2D eigenvalue weighted by atomic mass is 10.1. The normalized spacial score (nSPS) is 12.7. The van der Waals surface area contributed by atoms with Gasteiger partial charge in [-0.15, -0.1) is 22.9 Å². The quantitative estimate of drug-likeness (QED) is 0.664. The van der Waals surface area contributed by atoms with Crippen molar-refractivity contribution in [3.8, 4) is 0 Å². The molecule has 15 heavy (non-hydrogen) atoms. The number of hydrogen-bond acceptors (Lipinski definition) is 1. The molecular weight excluding hydrogens is 224 g/mol. The van der Waals surface area contributed by atoms with E-state index in [4.69, 9.17) is 11.6 Å². The summed E-state index contributed by atoms with van der Waals surface area (Å²) >= 11 is 8.17. The largest absolute Gasteiger partial charge is 0.144 e. The highest BCUT2D eigenvalue weighted by Gasteiger charge is 2.11. The molecule has 1 heterocycles. The van der Waals surface area contributed by atoms with Crippen LogP contribution in [0, 0.1) is 13.8 Å². The van der Waals surface area contributed by atoms with E-state index in [-0.39, 0.29) is 5.38 Å². The predicted molar refractivity (Wildman–Crippen MR) is 67.9 cm³/mol. The molecule has 0 radical (unpaired) electrons. The maximum atomic E-state index is 6.41. The van der Waals surface area contributed by atoms with Gasteiger partial charge < -0.3 is 0 Å². The Morgan fingerprint density at radius 1 is 1.00 bits per heavy atom. The molecule has 0 nitrogen and oxygen atoms in total. The van der Waals surface area contributed by atoms with Gasteiger partial charge in [-0.3, -0.25) is 0 Å². The minimum atomic E-state index is -0.00991. The smallest absolute Gasteiger partial charge is 0.0927 e. The summed E-state index contributed by atoms with van der Waals surface area (Å²) in [6.07, 6.45) is 0. The van der Waals surface area contributed by atoms with Crippen LogP contribution in [0.3, 0.4) is 0 Å². The first-order valence-corrected chi connectivity index (χ1v) is 6.19. The number of benzene rings is 1. The predicted octanol–water partition coefficient (Wildman–Crippen LogP) is 4.69. The first-order valence-electron chi connectivity index (χ1n) is 4.94. The van der Waals surface area contributed by atoms with Gasteiger partial charge in [-0.25, -0.2) is 0 Å². The zero-order valence-corrected chi connectivity index (χ0v) is 10.4. The van der Waals surface area contributed by atoms with Gasteiger partial charge in [0.25, 0.3) is 0 Å². The Hall–Kier alpha value is -0.790. The van der Waals surface area contributed by atoms with Gasteiger partial charge in [-0.2, -0.15) is 0 Å². The van der Waals surface area contributed by atoms with Crippen LogP contribution in [0.4, 0.5) is 0 Å². The third-order valence-corrected chi connectivity index (χ3v) is 4.06. The zero-order chi connectivity index (χ0) is 10.8. The molecule has 0 spiro atoms. The van der Waals surface area contributed by atoms with Crippen LogP contribution in [0.25, 0.3) is 0 Å². The summed E-state index contributed by atoms with van der Waals surface area (Å²) in [6, 6.07) is 12.6. The van der Waals surface area contributed by atoms with Crippen molar-refractivity contribution in [2.75, 3.05) is 0 Å². The molecule has 0 aliphatic rings. The summed E-state index contributed by atoms with van der Waals surface area (Å²) in [5, 5.41) is -0.00991. The molecule has 1 atom stereocenters. The Kier molecular flexibility index (Phi) is 3.13. The highest BCUT2D eigenvalue weighted by atomic mass is 35.5. The van der Waals surface area contributed by atoms with Crippen molar-refractivity contribution < 1.29 is 0 Å². The van der Waals surface area contributed by atoms with Crippen LogP contribution in [-0.4, -0.2) is 0 Å². The number of halogens is 1. The van der Waals surface area contributed by atoms with Crippen molar-refractivity contribution in [1.29, 1.82) is 0 Å². The maximum Gasteiger partial charge on any atom is 0.0927 e. The first-order chi connectivity index (χ1) is 7.16. The number of hydrogen-bond donors (Lipinski definition) is 0. The number of aryl methyl sites for hydroxylation is 2. The summed E-state index contributed by atoms with van der Waals surface area (Å²) < 4.78 is 0. The lowest BCUT2D eigenvalue weighted by Gasteiger charge is -2.07. The van der Waals surface area contributed by atoms with Gasteiger partial charge in [-0.05, 0) is 31.5 Å². The highest BCUT2D eigenvalue weighted by Crippen LogP contribution is 2.33. The van der Waals surface area contributed by atoms with Crippen molar-refractivity contribution in [2.24, 2.45) is 0 Å². The fraction of sp³-hybridized carbons (Fsp3) is 0.231. The Labute approximate surface area is 99.5 Å². The third-order valence-electron chi connectivity index (χ3n) is 2.38. The van der Waals surface area contributed by atoms with Gasteiger partial charge in [-0.1, -0.05) is 29.8 Å². The van der Waals surface area contributed by atoms with Crippen LogP contribution in [0.1, 0.15) is 26.3 Å². The Bertz CT molecular complexity index is 442. The van der Waals surface area contributed by atoms with Crippen LogP contribution in [-0.2, 0) is 0 Å². The van der Waals surface area contributed by atoms with E-state index in [1.54, 1.807) is 11.3 Å². The van der Waals surface area contributed by atoms with E-state index < -0.39 is 0 Å². The van der Waals surface area contributed by atoms with Crippen molar-refractivity contribution >= 4 is 22.9 Å². The topological polar surface area (TPSA) is 0 Å². The van der Waals surface area contributed by atoms with E-state index in [0.717, 1.165) is 0 Å². The van der Waals surface area contributed by atoms with E-state index in [0.29, 0.717) is 0 Å². The number of thiophene rings is 1. The number of rotatable bonds is 2. The Morgan fingerprint density at radius 3 is 2.20 bits per heavy atom. The first kappa shape index (κ1) is 10.7. The van der Waals surface area contributed by atoms with Crippen LogP contribution in [0.15, 0.2) is 36.4 Å². The van der Waals surface area contributed by atoms with Gasteiger partial charge in [0, 0.05) is 9.75 Å². The van der Waals surface area contributed by atoms with Crippen LogP contribution >= 0.6 is 22.9 Å². The Morgan fingerprint density at radius 2 is 1.67 bits per heavy atom. The minimum Gasteiger partial charge on any atom is -0.144 e. The van der Waals surface area contributed by atoms with Crippen LogP contribution in [0.2, 0.25) is 0 Å². The monoisotopic (exact) mass is 236 g/mol. The van der Waals surface area contributed by atoms with Crippen LogP contribution in [0.5, 0.6) is 0 Å². The second kappa shape index (κ2) is 4.38. The molecule has 1 aromatic carbocycles. The molecule has 78 valence electrons. The van der Waals surface area contributed by atoms with E-state index in [2.05, 4.69) is 50.2 Å². The second-order valence-corrected chi connectivity index (χ2v) is 5.48. The molecule has 1 unspecified atom stereocenters. The molecule has 0 saturated heterocycles. The van der Waals surface area contributed by atoms with Gasteiger partial charge in [0.1, 0.15) is 0 Å². The zero-order valence-electron chi connectivity index (χ0n) is 8.83. The summed E-state index contributed by atoms with van der Waals surface area (Å²) in [6.45, 7) is 4.19. The lowest BCUT2D eigenvalue weighted by molar-refractivity contribution is 1.18. The van der Waals surface area contributed by atoms with E-state index >= 15 is 0 Å². The van der Waals surface area contributed by atoms with Gasteiger partial charge in [0.2, 0.25) is 0 Å². The van der Waals surface area contributed by atoms with Crippen molar-refractivity contribution in [3.05, 3.63) is 57.3 Å². The maximum absolute atomic E-state index is 6.41. The minimum absolute atomic E-state index is 0.00991. The van der Waals surface area contributed by atoms with Gasteiger partial charge in [0.05, 0.1) is 5.38 Å². The van der Waals surface area contributed by atoms with Crippen LogP contribution < -0.4 is 0 Å². The third kappa shape index (κ3) is 2.42. The molecule has 1 aromatic heterocycles. The van der Waals surface area contributed by atoms with E-state index in [1.165, 1.54) is 20.9 Å². The average Bonchev–Trinajstić information content (AvgIpc) is 2.65. The summed E-state index contributed by atoms with van der Waals surface area (Å²) in [4.78, 5) is 2.53. The standard InChI is InChI=1S/C13H13ClS/c1-9-3-6-11(7-4-9)13(14)12-8-5-10(2)15-12/h3-8,13H,1-2H3. The van der Waals surface area contributed by atoms with Crippen molar-refractivity contribution in [1.82, 2.24) is 0 Å². The summed E-state index contributed by atoms with van der Waals surface area (Å²) in [7, 11) is 0. The molecule has 0 fully saturated rings. The molecule has 2 aromatic rings. The molecule has 0 N–H and O–H groups in total. The molecule has 2 heteroatoms. The molecule has 0 saturated carbocycles. The molecule has 0 aliphatic carbocycles. The fourth-order valence-corrected chi connectivity index (χ4v) is 2.72. The molecule has 2 rings (SSSR count). The van der Waals surface area contributed by atoms with Crippen molar-refractivity contribution in [2.45, 2.75) is 19.2 Å². The van der Waals surface area contributed by atoms with E-state index in [9.17, 15) is 0 Å². The SMILES string of the molecule is Cc1ccc(C(Cl)c2ccc(C)s2)cc1. The average molecular weight is 237 g/mol. The number of alkyl halides is 1. The summed E-state index contributed by atoms with van der Waals surface area (Å²) in [5.74, 6) is 0. The molecule has 0 aliphatic heterocycles. The molecule has 0 bridgehead atoms. The molecule has 0 amide bonds. The second-order valence-electron chi connectivity index (χ2n) is 3.72. The highest BCUT2D eigenvalue weighted by molar-refractivity contribution is 7.12. The summed E-state index contributed by atoms with van der Waals surface area (Å²) in [5.41, 5.74) is 2.44. The van der Waals surface area contributed by atoms with E-state index in [1.807, 2.05) is 0 Å². The fourth-order valence-electron chi connectivity index (χ4n) is 1.49. The molecular formula is C13H13ClS. The van der Waals surface area contributed by atoms with Gasteiger partial charge >= 0.3 is 0 Å². The Balaban J connectivity index is 2.28. The van der Waals surface area contributed by atoms with Gasteiger partial charge in [0.15, 0.2) is 0 Å². The lowest BCUT2D eigenvalue weighted by Crippen LogP contribution is -1.89.